The molecule has 0 aliphatic carbocycles. The highest BCUT2D eigenvalue weighted by Crippen LogP contribution is 2.30. The van der Waals surface area contributed by atoms with Gasteiger partial charge >= 0.3 is 0 Å². The third-order valence-electron chi connectivity index (χ3n) is 9.95. The molecule has 0 unspecified atom stereocenters. The van der Waals surface area contributed by atoms with Gasteiger partial charge in [0, 0.05) is 35.0 Å². The minimum absolute atomic E-state index is 0.191. The zero-order chi connectivity index (χ0) is 37.8. The Morgan fingerprint density at radius 3 is 1.16 bits per heavy atom. The highest BCUT2D eigenvalue weighted by molar-refractivity contribution is 6.08. The van der Waals surface area contributed by atoms with Crippen molar-refractivity contribution in [1.29, 1.82) is 0 Å². The van der Waals surface area contributed by atoms with E-state index in [4.69, 9.17) is 9.97 Å². The zero-order valence-electron chi connectivity index (χ0n) is 30.8. The molecule has 2 N–H and O–H groups in total. The van der Waals surface area contributed by atoms with Gasteiger partial charge in [-0.1, -0.05) is 159 Å². The first-order valence-corrected chi connectivity index (χ1v) is 18.5. The number of hydrogen-bond acceptors (Lipinski definition) is 4. The molecule has 6 aromatic carbocycles. The number of rotatable bonds is 10. The zero-order valence-corrected chi connectivity index (χ0v) is 30.8. The number of para-hydroxylation sites is 2. The summed E-state index contributed by atoms with van der Waals surface area (Å²) in [6, 6.07) is 56.1. The van der Waals surface area contributed by atoms with E-state index >= 15 is 0 Å². The van der Waals surface area contributed by atoms with Crippen LogP contribution in [0.3, 0.4) is 0 Å². The Hall–Kier alpha value is -6.92. The van der Waals surface area contributed by atoms with E-state index in [2.05, 4.69) is 59.2 Å². The average Bonchev–Trinajstić information content (AvgIpc) is 3.24. The molecule has 55 heavy (non-hydrogen) atoms. The fraction of sp³-hybridized carbons (Fsp3) is 0.102. The van der Waals surface area contributed by atoms with Crippen LogP contribution in [0.25, 0.3) is 66.6 Å². The normalized spacial score (nSPS) is 11.4. The maximum Gasteiger partial charge on any atom is 0.252 e. The SMILES string of the molecule is CC(C)(CNC(=O)c1cc(-c2ccc(-c3ccccc3)cc2)nc2ccccc12)CNC(=O)c1cc(-c2ccc(-c3ccccc3)cc2)nc2ccccc12. The molecule has 8 rings (SSSR count). The van der Waals surface area contributed by atoms with Crippen LogP contribution in [0, 0.1) is 5.41 Å². The fourth-order valence-corrected chi connectivity index (χ4v) is 6.84. The molecule has 6 heteroatoms. The van der Waals surface area contributed by atoms with Gasteiger partial charge < -0.3 is 10.6 Å². The van der Waals surface area contributed by atoms with E-state index in [0.29, 0.717) is 24.2 Å². The van der Waals surface area contributed by atoms with Crippen LogP contribution < -0.4 is 10.6 Å². The van der Waals surface area contributed by atoms with Crippen LogP contribution in [0.4, 0.5) is 0 Å². The van der Waals surface area contributed by atoms with Gasteiger partial charge in [0.15, 0.2) is 0 Å². The number of benzene rings is 6. The van der Waals surface area contributed by atoms with Crippen LogP contribution in [0.5, 0.6) is 0 Å². The maximum atomic E-state index is 13.9. The van der Waals surface area contributed by atoms with Gasteiger partial charge in [-0.3, -0.25) is 9.59 Å². The molecule has 0 bridgehead atoms. The van der Waals surface area contributed by atoms with Crippen molar-refractivity contribution in [3.63, 3.8) is 0 Å². The lowest BCUT2D eigenvalue weighted by Crippen LogP contribution is -2.42. The molecule has 0 radical (unpaired) electrons. The van der Waals surface area contributed by atoms with Crippen LogP contribution in [0.1, 0.15) is 34.6 Å². The summed E-state index contributed by atoms with van der Waals surface area (Å²) in [4.78, 5) is 37.6. The van der Waals surface area contributed by atoms with Gasteiger partial charge in [-0.2, -0.15) is 0 Å². The number of fused-ring (bicyclic) bond motifs is 2. The van der Waals surface area contributed by atoms with Gasteiger partial charge in [0.05, 0.1) is 33.5 Å². The molecule has 0 aliphatic rings. The lowest BCUT2D eigenvalue weighted by molar-refractivity contribution is 0.0921. The van der Waals surface area contributed by atoms with Crippen molar-refractivity contribution in [3.05, 3.63) is 181 Å². The molecular formula is C49H40N4O2. The van der Waals surface area contributed by atoms with E-state index < -0.39 is 5.41 Å². The number of aromatic nitrogens is 2. The molecule has 2 amide bonds. The van der Waals surface area contributed by atoms with Crippen LogP contribution in [0.15, 0.2) is 170 Å². The summed E-state index contributed by atoms with van der Waals surface area (Å²) in [7, 11) is 0. The number of nitrogens with zero attached hydrogens (tertiary/aromatic N) is 2. The second-order valence-corrected chi connectivity index (χ2v) is 14.6. The Kier molecular flexibility index (Phi) is 9.71. The highest BCUT2D eigenvalue weighted by atomic mass is 16.2. The van der Waals surface area contributed by atoms with Gasteiger partial charge in [-0.05, 0) is 51.9 Å². The standard InChI is InChI=1S/C49H40N4O2/c1-49(2,31-50-47(54)41-29-45(52-43-19-11-9-17-39(41)43)37-25-21-35(22-26-37)33-13-5-3-6-14-33)32-51-48(55)42-30-46(53-44-20-12-10-18-40(42)44)38-27-23-36(24-28-38)34-15-7-4-8-16-34/h3-30H,31-32H2,1-2H3,(H,50,54)(H,51,55). The molecule has 268 valence electrons. The van der Waals surface area contributed by atoms with E-state index in [1.54, 1.807) is 0 Å². The van der Waals surface area contributed by atoms with E-state index in [1.807, 2.05) is 135 Å². The molecular weight excluding hydrogens is 677 g/mol. The topological polar surface area (TPSA) is 84.0 Å². The van der Waals surface area contributed by atoms with Gasteiger partial charge in [0.2, 0.25) is 0 Å². The van der Waals surface area contributed by atoms with Crippen molar-refractivity contribution < 1.29 is 9.59 Å². The van der Waals surface area contributed by atoms with Gasteiger partial charge in [-0.15, -0.1) is 0 Å². The van der Waals surface area contributed by atoms with E-state index in [1.165, 1.54) is 0 Å². The first-order chi connectivity index (χ1) is 26.8. The molecule has 6 nitrogen and oxygen atoms in total. The lowest BCUT2D eigenvalue weighted by Gasteiger charge is -2.26. The predicted molar refractivity (Wildman–Crippen MR) is 224 cm³/mol. The minimum atomic E-state index is -0.455. The summed E-state index contributed by atoms with van der Waals surface area (Å²) in [6.45, 7) is 4.75. The summed E-state index contributed by atoms with van der Waals surface area (Å²) in [5.41, 5.74) is 9.98. The Labute approximate surface area is 320 Å². The van der Waals surface area contributed by atoms with Crippen LogP contribution in [-0.2, 0) is 0 Å². The molecule has 0 spiro atoms. The van der Waals surface area contributed by atoms with Crippen molar-refractivity contribution >= 4 is 33.6 Å². The van der Waals surface area contributed by atoms with Gasteiger partial charge in [0.1, 0.15) is 0 Å². The van der Waals surface area contributed by atoms with Crippen molar-refractivity contribution in [1.82, 2.24) is 20.6 Å². The summed E-state index contributed by atoms with van der Waals surface area (Å²) in [5, 5.41) is 7.87. The largest absolute Gasteiger partial charge is 0.351 e. The van der Waals surface area contributed by atoms with E-state index in [9.17, 15) is 9.59 Å². The van der Waals surface area contributed by atoms with Gasteiger partial charge in [-0.25, -0.2) is 9.97 Å². The third-order valence-corrected chi connectivity index (χ3v) is 9.95. The maximum absolute atomic E-state index is 13.9. The molecule has 0 fully saturated rings. The van der Waals surface area contributed by atoms with Crippen molar-refractivity contribution in [3.8, 4) is 44.8 Å². The lowest BCUT2D eigenvalue weighted by atomic mass is 9.92. The highest BCUT2D eigenvalue weighted by Gasteiger charge is 2.23. The van der Waals surface area contributed by atoms with Crippen molar-refractivity contribution in [2.75, 3.05) is 13.1 Å². The number of carbonyl (C=O) groups is 2. The number of hydrogen-bond donors (Lipinski definition) is 2. The monoisotopic (exact) mass is 716 g/mol. The van der Waals surface area contributed by atoms with Crippen LogP contribution >= 0.6 is 0 Å². The molecule has 2 aromatic heterocycles. The predicted octanol–water partition coefficient (Wildman–Crippen LogP) is 10.6. The summed E-state index contributed by atoms with van der Waals surface area (Å²) >= 11 is 0. The number of amides is 2. The number of nitrogens with one attached hydrogen (secondary N) is 2. The Morgan fingerprint density at radius 1 is 0.436 bits per heavy atom. The van der Waals surface area contributed by atoms with E-state index in [-0.39, 0.29) is 11.8 Å². The number of pyridine rings is 2. The van der Waals surface area contributed by atoms with Crippen LogP contribution in [0.2, 0.25) is 0 Å². The molecule has 2 heterocycles. The minimum Gasteiger partial charge on any atom is -0.351 e. The second-order valence-electron chi connectivity index (χ2n) is 14.6. The Morgan fingerprint density at radius 2 is 0.764 bits per heavy atom. The molecule has 0 aliphatic heterocycles. The van der Waals surface area contributed by atoms with E-state index in [0.717, 1.165) is 66.6 Å². The smallest absolute Gasteiger partial charge is 0.252 e. The van der Waals surface area contributed by atoms with Gasteiger partial charge in [0.25, 0.3) is 11.8 Å². The Bertz CT molecular complexity index is 2450. The summed E-state index contributed by atoms with van der Waals surface area (Å²) in [6.07, 6.45) is 0. The fourth-order valence-electron chi connectivity index (χ4n) is 6.84. The Balaban J connectivity index is 0.975. The molecule has 0 atom stereocenters. The third kappa shape index (κ3) is 7.75. The number of carbonyl (C=O) groups excluding carboxylic acids is 2. The van der Waals surface area contributed by atoms with Crippen molar-refractivity contribution in [2.24, 2.45) is 5.41 Å². The summed E-state index contributed by atoms with van der Waals surface area (Å²) < 4.78 is 0. The summed E-state index contributed by atoms with van der Waals surface area (Å²) in [5.74, 6) is -0.383. The quantitative estimate of drug-likeness (QED) is 0.148. The average molecular weight is 717 g/mol. The molecule has 0 saturated heterocycles. The molecule has 0 saturated carbocycles. The van der Waals surface area contributed by atoms with Crippen molar-refractivity contribution in [2.45, 2.75) is 13.8 Å². The first-order valence-electron chi connectivity index (χ1n) is 18.5. The second kappa shape index (κ2) is 15.2. The van der Waals surface area contributed by atoms with Crippen LogP contribution in [-0.4, -0.2) is 34.9 Å². The molecule has 8 aromatic rings. The first kappa shape index (κ1) is 35.1.